The predicted octanol–water partition coefficient (Wildman–Crippen LogP) is 2.33. The average Bonchev–Trinajstić information content (AvgIpc) is 3.27. The van der Waals surface area contributed by atoms with E-state index in [0.29, 0.717) is 0 Å². The van der Waals surface area contributed by atoms with Gasteiger partial charge in [0.05, 0.1) is 14.2 Å². The lowest BCUT2D eigenvalue weighted by atomic mass is 10.1. The van der Waals surface area contributed by atoms with Gasteiger partial charge in [0.1, 0.15) is 17.3 Å². The molecular weight excluding hydrogens is 366 g/mol. The summed E-state index contributed by atoms with van der Waals surface area (Å²) in [4.78, 5) is 4.71. The summed E-state index contributed by atoms with van der Waals surface area (Å²) in [6.07, 6.45) is 8.25. The second-order valence-electron chi connectivity index (χ2n) is 7.27. The molecule has 0 unspecified atom stereocenters. The quantitative estimate of drug-likeness (QED) is 0.750. The molecule has 0 atom stereocenters. The summed E-state index contributed by atoms with van der Waals surface area (Å²) >= 11 is 0. The van der Waals surface area contributed by atoms with Gasteiger partial charge >= 0.3 is 0 Å². The summed E-state index contributed by atoms with van der Waals surface area (Å²) in [5.41, 5.74) is 2.30. The smallest absolute Gasteiger partial charge is 0.156 e. The van der Waals surface area contributed by atoms with Gasteiger partial charge in [-0.1, -0.05) is 12.2 Å². The van der Waals surface area contributed by atoms with E-state index < -0.39 is 0 Å². The third-order valence-corrected chi connectivity index (χ3v) is 5.38. The minimum Gasteiger partial charge on any atom is -0.497 e. The third kappa shape index (κ3) is 4.56. The van der Waals surface area contributed by atoms with Gasteiger partial charge in [0.2, 0.25) is 0 Å². The SMILES string of the molecule is COc1cc(CCc2cc(N3CC=CC=C3N3CCNCC3)n[nH]2)cc(OC)c1. The monoisotopic (exact) mass is 395 g/mol. The van der Waals surface area contributed by atoms with Crippen molar-refractivity contribution in [2.24, 2.45) is 0 Å². The number of hydrogen-bond acceptors (Lipinski definition) is 6. The van der Waals surface area contributed by atoms with Crippen molar-refractivity contribution >= 4 is 5.82 Å². The fraction of sp³-hybridized carbons (Fsp3) is 0.409. The Morgan fingerprint density at radius 1 is 1.00 bits per heavy atom. The molecule has 7 nitrogen and oxygen atoms in total. The van der Waals surface area contributed by atoms with Crippen LogP contribution in [0.5, 0.6) is 11.5 Å². The molecule has 2 aliphatic rings. The molecule has 1 saturated heterocycles. The number of aromatic nitrogens is 2. The van der Waals surface area contributed by atoms with Crippen molar-refractivity contribution < 1.29 is 9.47 Å². The number of benzene rings is 1. The van der Waals surface area contributed by atoms with Gasteiger partial charge in [-0.25, -0.2) is 0 Å². The normalized spacial score (nSPS) is 16.7. The lowest BCUT2D eigenvalue weighted by molar-refractivity contribution is 0.291. The first-order valence-electron chi connectivity index (χ1n) is 10.1. The minimum atomic E-state index is 0.815. The molecule has 1 aromatic carbocycles. The summed E-state index contributed by atoms with van der Waals surface area (Å²) in [6, 6.07) is 8.17. The van der Waals surface area contributed by atoms with Crippen LogP contribution in [-0.2, 0) is 12.8 Å². The maximum Gasteiger partial charge on any atom is 0.156 e. The Morgan fingerprint density at radius 3 is 2.48 bits per heavy atom. The van der Waals surface area contributed by atoms with Crippen LogP contribution in [-0.4, -0.2) is 62.0 Å². The number of allylic oxidation sites excluding steroid dienone is 2. The number of H-pyrrole nitrogens is 1. The van der Waals surface area contributed by atoms with Crippen LogP contribution < -0.4 is 19.7 Å². The molecule has 3 heterocycles. The highest BCUT2D eigenvalue weighted by Crippen LogP contribution is 2.25. The van der Waals surface area contributed by atoms with Crippen LogP contribution in [0.15, 0.2) is 48.3 Å². The highest BCUT2D eigenvalue weighted by molar-refractivity contribution is 5.50. The second-order valence-corrected chi connectivity index (χ2v) is 7.27. The van der Waals surface area contributed by atoms with Crippen LogP contribution in [0.2, 0.25) is 0 Å². The second kappa shape index (κ2) is 9.05. The number of hydrogen-bond donors (Lipinski definition) is 2. The van der Waals surface area contributed by atoms with E-state index >= 15 is 0 Å². The highest BCUT2D eigenvalue weighted by atomic mass is 16.5. The Hall–Kier alpha value is -2.93. The molecule has 0 saturated carbocycles. The van der Waals surface area contributed by atoms with Crippen molar-refractivity contribution in [2.75, 3.05) is 51.8 Å². The molecule has 0 amide bonds. The van der Waals surface area contributed by atoms with Crippen molar-refractivity contribution in [3.63, 3.8) is 0 Å². The van der Waals surface area contributed by atoms with E-state index in [2.05, 4.69) is 61.7 Å². The molecular formula is C22H29N5O2. The fourth-order valence-electron chi connectivity index (χ4n) is 3.79. The van der Waals surface area contributed by atoms with Crippen molar-refractivity contribution in [2.45, 2.75) is 12.8 Å². The topological polar surface area (TPSA) is 65.7 Å². The zero-order valence-electron chi connectivity index (χ0n) is 17.1. The lowest BCUT2D eigenvalue weighted by Crippen LogP contribution is -2.47. The number of rotatable bonds is 7. The number of ether oxygens (including phenoxy) is 2. The van der Waals surface area contributed by atoms with Crippen molar-refractivity contribution in [1.29, 1.82) is 0 Å². The van der Waals surface area contributed by atoms with E-state index in [-0.39, 0.29) is 0 Å². The van der Waals surface area contributed by atoms with Crippen LogP contribution >= 0.6 is 0 Å². The van der Waals surface area contributed by atoms with Gasteiger partial charge in [0.15, 0.2) is 5.82 Å². The Morgan fingerprint density at radius 2 is 1.76 bits per heavy atom. The standard InChI is InChI=1S/C22H29N5O2/c1-28-19-13-17(14-20(16-19)29-2)6-7-18-15-21(25-24-18)27-10-4-3-5-22(27)26-11-8-23-9-12-26/h3-5,13-16,23H,6-12H2,1-2H3,(H,24,25). The first-order valence-corrected chi connectivity index (χ1v) is 10.1. The van der Waals surface area contributed by atoms with E-state index in [4.69, 9.17) is 9.47 Å². The summed E-state index contributed by atoms with van der Waals surface area (Å²) in [7, 11) is 3.35. The summed E-state index contributed by atoms with van der Waals surface area (Å²) in [5.74, 6) is 3.83. The largest absolute Gasteiger partial charge is 0.497 e. The molecule has 1 aromatic heterocycles. The van der Waals surface area contributed by atoms with E-state index in [0.717, 1.165) is 68.6 Å². The van der Waals surface area contributed by atoms with Crippen LogP contribution in [0.1, 0.15) is 11.3 Å². The van der Waals surface area contributed by atoms with Gasteiger partial charge in [-0.3, -0.25) is 5.10 Å². The molecule has 4 rings (SSSR count). The average molecular weight is 396 g/mol. The van der Waals surface area contributed by atoms with E-state index in [1.807, 2.05) is 6.07 Å². The molecule has 2 aromatic rings. The van der Waals surface area contributed by atoms with Crippen LogP contribution in [0.3, 0.4) is 0 Å². The van der Waals surface area contributed by atoms with E-state index in [9.17, 15) is 0 Å². The molecule has 7 heteroatoms. The molecule has 2 aliphatic heterocycles. The van der Waals surface area contributed by atoms with E-state index in [1.165, 1.54) is 11.4 Å². The Kier molecular flexibility index (Phi) is 6.05. The van der Waals surface area contributed by atoms with Gasteiger partial charge < -0.3 is 24.6 Å². The van der Waals surface area contributed by atoms with Gasteiger partial charge in [-0.15, -0.1) is 0 Å². The van der Waals surface area contributed by atoms with Crippen molar-refractivity contribution in [3.8, 4) is 11.5 Å². The highest BCUT2D eigenvalue weighted by Gasteiger charge is 2.22. The van der Waals surface area contributed by atoms with Crippen LogP contribution in [0.4, 0.5) is 5.82 Å². The maximum atomic E-state index is 5.37. The number of nitrogens with one attached hydrogen (secondary N) is 2. The Bertz CT molecular complexity index is 861. The molecule has 0 aliphatic carbocycles. The molecule has 154 valence electrons. The van der Waals surface area contributed by atoms with E-state index in [1.54, 1.807) is 14.2 Å². The van der Waals surface area contributed by atoms with Gasteiger partial charge in [-0.2, -0.15) is 5.10 Å². The zero-order chi connectivity index (χ0) is 20.1. The summed E-state index contributed by atoms with van der Waals surface area (Å²) in [6.45, 7) is 4.92. The van der Waals surface area contributed by atoms with Gasteiger partial charge in [-0.05, 0) is 36.6 Å². The molecule has 0 bridgehead atoms. The fourth-order valence-corrected chi connectivity index (χ4v) is 3.79. The Balaban J connectivity index is 1.44. The number of aromatic amines is 1. The molecule has 2 N–H and O–H groups in total. The molecule has 0 radical (unpaired) electrons. The minimum absolute atomic E-state index is 0.815. The predicted molar refractivity (Wildman–Crippen MR) is 115 cm³/mol. The maximum absolute atomic E-state index is 5.37. The number of aryl methyl sites for hydroxylation is 2. The van der Waals surface area contributed by atoms with Crippen LogP contribution in [0, 0.1) is 0 Å². The van der Waals surface area contributed by atoms with Crippen LogP contribution in [0.25, 0.3) is 0 Å². The molecule has 0 spiro atoms. The number of methoxy groups -OCH3 is 2. The summed E-state index contributed by atoms with van der Waals surface area (Å²) < 4.78 is 10.7. The number of anilines is 1. The first-order chi connectivity index (χ1) is 14.3. The zero-order valence-corrected chi connectivity index (χ0v) is 17.1. The Labute approximate surface area is 172 Å². The first kappa shape index (κ1) is 19.4. The van der Waals surface area contributed by atoms with Crippen molar-refractivity contribution in [3.05, 3.63) is 59.6 Å². The van der Waals surface area contributed by atoms with Gasteiger partial charge in [0.25, 0.3) is 0 Å². The van der Waals surface area contributed by atoms with Gasteiger partial charge in [0, 0.05) is 50.6 Å². The lowest BCUT2D eigenvalue weighted by Gasteiger charge is -2.37. The third-order valence-electron chi connectivity index (χ3n) is 5.38. The molecule has 1 fully saturated rings. The number of piperazine rings is 1. The molecule has 29 heavy (non-hydrogen) atoms. The summed E-state index contributed by atoms with van der Waals surface area (Å²) in [5, 5.41) is 11.2. The van der Waals surface area contributed by atoms with Crippen molar-refractivity contribution in [1.82, 2.24) is 20.4 Å². The number of nitrogens with zero attached hydrogens (tertiary/aromatic N) is 3.